The molecule has 1 fully saturated rings. The van der Waals surface area contributed by atoms with Gasteiger partial charge in [0.05, 0.1) is 19.1 Å². The number of aromatic nitrogens is 2. The maximum absolute atomic E-state index is 11.9. The molecule has 0 aromatic carbocycles. The number of aromatic amines is 1. The third-order valence-electron chi connectivity index (χ3n) is 2.72. The minimum absolute atomic E-state index is 0.0118. The van der Waals surface area contributed by atoms with E-state index in [0.717, 1.165) is 0 Å². The summed E-state index contributed by atoms with van der Waals surface area (Å²) in [6, 6.07) is 2.78. The summed E-state index contributed by atoms with van der Waals surface area (Å²) in [5.74, 6) is -0.0773. The van der Waals surface area contributed by atoms with Crippen molar-refractivity contribution in [2.45, 2.75) is 6.04 Å². The number of hydrogen-bond donors (Lipinski definition) is 3. The van der Waals surface area contributed by atoms with Crippen molar-refractivity contribution in [3.05, 3.63) is 22.5 Å². The lowest BCUT2D eigenvalue weighted by Gasteiger charge is -2.15. The Morgan fingerprint density at radius 3 is 3.00 bits per heavy atom. The van der Waals surface area contributed by atoms with Crippen molar-refractivity contribution in [3.8, 4) is 0 Å². The minimum atomic E-state index is -0.305. The highest BCUT2D eigenvalue weighted by molar-refractivity contribution is 5.92. The van der Waals surface area contributed by atoms with Crippen LogP contribution in [-0.4, -0.2) is 42.4 Å². The van der Waals surface area contributed by atoms with Crippen molar-refractivity contribution in [3.63, 3.8) is 0 Å². The van der Waals surface area contributed by atoms with E-state index >= 15 is 0 Å². The molecular formula is C10H14N4O3. The lowest BCUT2D eigenvalue weighted by Crippen LogP contribution is -2.39. The highest BCUT2D eigenvalue weighted by Crippen LogP contribution is 2.15. The average molecular weight is 238 g/mol. The summed E-state index contributed by atoms with van der Waals surface area (Å²) < 4.78 is 5.24. The van der Waals surface area contributed by atoms with Crippen molar-refractivity contribution in [1.29, 1.82) is 0 Å². The number of nitrogens with one attached hydrogen (secondary N) is 3. The van der Waals surface area contributed by atoms with Crippen molar-refractivity contribution in [2.24, 2.45) is 5.92 Å². The van der Waals surface area contributed by atoms with Crippen molar-refractivity contribution in [2.75, 3.05) is 25.6 Å². The molecule has 92 valence electrons. The first-order valence-corrected chi connectivity index (χ1v) is 5.32. The fraction of sp³-hybridized carbons (Fsp3) is 0.500. The van der Waals surface area contributed by atoms with Crippen molar-refractivity contribution in [1.82, 2.24) is 15.5 Å². The Hall–Kier alpha value is -1.73. The molecule has 1 saturated heterocycles. The Kier molecular flexibility index (Phi) is 3.50. The molecule has 1 aliphatic heterocycles. The van der Waals surface area contributed by atoms with Crippen molar-refractivity contribution < 1.29 is 9.53 Å². The summed E-state index contributed by atoms with van der Waals surface area (Å²) in [5, 5.41) is 11.6. The molecule has 0 radical (unpaired) electrons. The Morgan fingerprint density at radius 2 is 2.35 bits per heavy atom. The molecule has 1 aromatic heterocycles. The fourth-order valence-corrected chi connectivity index (χ4v) is 1.73. The van der Waals surface area contributed by atoms with Crippen LogP contribution in [0.15, 0.2) is 16.9 Å². The Morgan fingerprint density at radius 1 is 1.53 bits per heavy atom. The van der Waals surface area contributed by atoms with Crippen LogP contribution < -0.4 is 16.2 Å². The quantitative estimate of drug-likeness (QED) is 0.624. The Balaban J connectivity index is 2.01. The molecule has 1 aromatic rings. The first-order chi connectivity index (χ1) is 8.20. The van der Waals surface area contributed by atoms with Crippen LogP contribution in [0.3, 0.4) is 0 Å². The van der Waals surface area contributed by atoms with Gasteiger partial charge in [0.2, 0.25) is 5.91 Å². The van der Waals surface area contributed by atoms with Gasteiger partial charge >= 0.3 is 0 Å². The van der Waals surface area contributed by atoms with E-state index in [2.05, 4.69) is 20.8 Å². The molecular weight excluding hydrogens is 224 g/mol. The topological polar surface area (TPSA) is 96.1 Å². The molecule has 7 nitrogen and oxygen atoms in total. The molecule has 1 aliphatic rings. The smallest absolute Gasteiger partial charge is 0.264 e. The first-order valence-electron chi connectivity index (χ1n) is 5.32. The summed E-state index contributed by atoms with van der Waals surface area (Å²) in [4.78, 5) is 22.7. The van der Waals surface area contributed by atoms with Crippen LogP contribution in [0, 0.1) is 5.92 Å². The zero-order valence-electron chi connectivity index (χ0n) is 9.40. The normalized spacial score (nSPS) is 23.6. The number of nitrogens with zero attached hydrogens (tertiary/aromatic N) is 1. The standard InChI is InChI=1S/C10H14N4O3/c1-11-7-5-17-4-6(7)10(16)12-8-2-3-9(15)14-13-8/h2-3,6-7,11H,4-5H2,1H3,(H,14,15)(H,12,13,16). The number of ether oxygens (including phenoxy) is 1. The van der Waals surface area contributed by atoms with E-state index in [1.165, 1.54) is 12.1 Å². The van der Waals surface area contributed by atoms with Gasteiger partial charge in [-0.25, -0.2) is 5.10 Å². The van der Waals surface area contributed by atoms with Gasteiger partial charge in [0.25, 0.3) is 5.56 Å². The number of likely N-dealkylation sites (N-methyl/N-ethyl adjacent to an activating group) is 1. The van der Waals surface area contributed by atoms with Gasteiger partial charge < -0.3 is 15.4 Å². The van der Waals surface area contributed by atoms with E-state index < -0.39 is 0 Å². The molecule has 0 aliphatic carbocycles. The van der Waals surface area contributed by atoms with Gasteiger partial charge in [0.1, 0.15) is 0 Å². The number of rotatable bonds is 3. The largest absolute Gasteiger partial charge is 0.379 e. The lowest BCUT2D eigenvalue weighted by atomic mass is 10.0. The van der Waals surface area contributed by atoms with E-state index in [0.29, 0.717) is 19.0 Å². The number of carbonyl (C=O) groups is 1. The summed E-state index contributed by atoms with van der Waals surface area (Å²) in [7, 11) is 1.79. The number of H-pyrrole nitrogens is 1. The summed E-state index contributed by atoms with van der Waals surface area (Å²) in [6.45, 7) is 0.911. The number of carbonyl (C=O) groups excluding carboxylic acids is 1. The van der Waals surface area contributed by atoms with E-state index in [1.54, 1.807) is 7.05 Å². The average Bonchev–Trinajstić information content (AvgIpc) is 2.80. The van der Waals surface area contributed by atoms with Crippen LogP contribution >= 0.6 is 0 Å². The zero-order valence-corrected chi connectivity index (χ0v) is 9.40. The van der Waals surface area contributed by atoms with Gasteiger partial charge in [-0.15, -0.1) is 0 Å². The number of amides is 1. The molecule has 2 rings (SSSR count). The van der Waals surface area contributed by atoms with E-state index in [4.69, 9.17) is 4.74 Å². The lowest BCUT2D eigenvalue weighted by molar-refractivity contribution is -0.120. The maximum atomic E-state index is 11.9. The number of anilines is 1. The van der Waals surface area contributed by atoms with E-state index in [1.807, 2.05) is 0 Å². The molecule has 2 atom stereocenters. The van der Waals surface area contributed by atoms with E-state index in [-0.39, 0.29) is 23.4 Å². The zero-order chi connectivity index (χ0) is 12.3. The second-order valence-corrected chi connectivity index (χ2v) is 3.83. The minimum Gasteiger partial charge on any atom is -0.379 e. The predicted molar refractivity (Wildman–Crippen MR) is 60.6 cm³/mol. The molecule has 1 amide bonds. The fourth-order valence-electron chi connectivity index (χ4n) is 1.73. The van der Waals surface area contributed by atoms with Crippen LogP contribution in [-0.2, 0) is 9.53 Å². The molecule has 0 bridgehead atoms. The molecule has 7 heteroatoms. The van der Waals surface area contributed by atoms with Crippen LogP contribution in [0.4, 0.5) is 5.82 Å². The first kappa shape index (κ1) is 11.7. The maximum Gasteiger partial charge on any atom is 0.264 e. The van der Waals surface area contributed by atoms with Gasteiger partial charge in [-0.05, 0) is 13.1 Å². The molecule has 0 spiro atoms. The third kappa shape index (κ3) is 2.69. The van der Waals surface area contributed by atoms with Crippen LogP contribution in [0.25, 0.3) is 0 Å². The summed E-state index contributed by atoms with van der Waals surface area (Å²) in [5.41, 5.74) is -0.305. The molecule has 2 heterocycles. The molecule has 0 saturated carbocycles. The molecule has 2 unspecified atom stereocenters. The second kappa shape index (κ2) is 5.07. The molecule has 17 heavy (non-hydrogen) atoms. The van der Waals surface area contributed by atoms with Crippen LogP contribution in [0.1, 0.15) is 0 Å². The third-order valence-corrected chi connectivity index (χ3v) is 2.72. The van der Waals surface area contributed by atoms with Crippen molar-refractivity contribution >= 4 is 11.7 Å². The number of hydrogen-bond acceptors (Lipinski definition) is 5. The van der Waals surface area contributed by atoms with Gasteiger partial charge in [-0.2, -0.15) is 5.10 Å². The SMILES string of the molecule is CNC1COCC1C(=O)Nc1ccc(=O)[nH]n1. The molecule has 3 N–H and O–H groups in total. The van der Waals surface area contributed by atoms with Gasteiger partial charge in [0, 0.05) is 12.1 Å². The second-order valence-electron chi connectivity index (χ2n) is 3.83. The van der Waals surface area contributed by atoms with E-state index in [9.17, 15) is 9.59 Å². The Bertz CT molecular complexity index is 439. The Labute approximate surface area is 97.6 Å². The monoisotopic (exact) mass is 238 g/mol. The highest BCUT2D eigenvalue weighted by Gasteiger charge is 2.33. The predicted octanol–water partition coefficient (Wildman–Crippen LogP) is -1.06. The van der Waals surface area contributed by atoms with Gasteiger partial charge in [0.15, 0.2) is 5.82 Å². The summed E-state index contributed by atoms with van der Waals surface area (Å²) in [6.07, 6.45) is 0. The highest BCUT2D eigenvalue weighted by atomic mass is 16.5. The van der Waals surface area contributed by atoms with Gasteiger partial charge in [-0.3, -0.25) is 9.59 Å². The summed E-state index contributed by atoms with van der Waals surface area (Å²) >= 11 is 0. The van der Waals surface area contributed by atoms with Crippen LogP contribution in [0.2, 0.25) is 0 Å². The van der Waals surface area contributed by atoms with Gasteiger partial charge in [-0.1, -0.05) is 0 Å². The van der Waals surface area contributed by atoms with Crippen LogP contribution in [0.5, 0.6) is 0 Å².